The third kappa shape index (κ3) is 2.81. The van der Waals surface area contributed by atoms with Crippen LogP contribution in [0, 0.1) is 5.41 Å². The highest BCUT2D eigenvalue weighted by Crippen LogP contribution is 2.47. The Bertz CT molecular complexity index is 442. The first-order chi connectivity index (χ1) is 10.7. The number of carbonyl (C=O) groups is 1. The predicted molar refractivity (Wildman–Crippen MR) is 92.9 cm³/mol. The Morgan fingerprint density at radius 1 is 1.22 bits per heavy atom. The third-order valence-corrected chi connectivity index (χ3v) is 6.97. The molecule has 0 aliphatic carbocycles. The Hall–Kier alpha value is -0.320. The van der Waals surface area contributed by atoms with Gasteiger partial charge >= 0.3 is 0 Å². The van der Waals surface area contributed by atoms with Gasteiger partial charge in [0.1, 0.15) is 0 Å². The molecule has 4 aliphatic rings. The Kier molecular flexibility index (Phi) is 4.97. The fourth-order valence-corrected chi connectivity index (χ4v) is 5.51. The van der Waals surface area contributed by atoms with Crippen molar-refractivity contribution in [2.75, 3.05) is 19.7 Å². The SMILES string of the molecule is CC[C@@]1(C(=O)N2CCC3(CCCCO3)CC2)C[C@@H]2CC[C@H]1N2.Cl. The molecule has 2 bridgehead atoms. The molecule has 1 amide bonds. The summed E-state index contributed by atoms with van der Waals surface area (Å²) in [6.45, 7) is 4.92. The summed E-state index contributed by atoms with van der Waals surface area (Å²) in [5.41, 5.74) is -0.0117. The number of nitrogens with one attached hydrogen (secondary N) is 1. The van der Waals surface area contributed by atoms with Gasteiger partial charge in [-0.05, 0) is 57.8 Å². The Labute approximate surface area is 146 Å². The third-order valence-electron chi connectivity index (χ3n) is 6.97. The van der Waals surface area contributed by atoms with Gasteiger partial charge in [0.15, 0.2) is 0 Å². The molecule has 0 unspecified atom stereocenters. The lowest BCUT2D eigenvalue weighted by atomic mass is 9.70. The van der Waals surface area contributed by atoms with Crippen molar-refractivity contribution >= 4 is 18.3 Å². The molecule has 5 heteroatoms. The quantitative estimate of drug-likeness (QED) is 0.839. The highest BCUT2D eigenvalue weighted by Gasteiger charge is 2.56. The van der Waals surface area contributed by atoms with Crippen LogP contribution in [0.25, 0.3) is 0 Å². The molecule has 3 atom stereocenters. The van der Waals surface area contributed by atoms with E-state index in [2.05, 4.69) is 17.1 Å². The van der Waals surface area contributed by atoms with Crippen molar-refractivity contribution in [2.45, 2.75) is 82.4 Å². The van der Waals surface area contributed by atoms with E-state index in [1.165, 1.54) is 32.1 Å². The molecule has 132 valence electrons. The summed E-state index contributed by atoms with van der Waals surface area (Å²) in [4.78, 5) is 15.4. The second kappa shape index (κ2) is 6.53. The highest BCUT2D eigenvalue weighted by atomic mass is 35.5. The molecule has 4 rings (SSSR count). The first-order valence-electron chi connectivity index (χ1n) is 9.37. The van der Waals surface area contributed by atoms with Gasteiger partial charge in [-0.2, -0.15) is 0 Å². The molecule has 4 saturated heterocycles. The second-order valence-corrected chi connectivity index (χ2v) is 7.99. The van der Waals surface area contributed by atoms with Crippen molar-refractivity contribution in [2.24, 2.45) is 5.41 Å². The van der Waals surface area contributed by atoms with Crippen molar-refractivity contribution in [3.05, 3.63) is 0 Å². The lowest BCUT2D eigenvalue weighted by molar-refractivity contribution is -0.153. The summed E-state index contributed by atoms with van der Waals surface area (Å²) >= 11 is 0. The van der Waals surface area contributed by atoms with Gasteiger partial charge in [-0.25, -0.2) is 0 Å². The normalized spacial score (nSPS) is 38.6. The summed E-state index contributed by atoms with van der Waals surface area (Å²) in [6, 6.07) is 1.02. The number of likely N-dealkylation sites (tertiary alicyclic amines) is 1. The van der Waals surface area contributed by atoms with Gasteiger partial charge in [0.25, 0.3) is 0 Å². The first-order valence-corrected chi connectivity index (χ1v) is 9.37. The number of halogens is 1. The van der Waals surface area contributed by atoms with Gasteiger partial charge in [-0.3, -0.25) is 4.79 Å². The van der Waals surface area contributed by atoms with Gasteiger partial charge in [0.2, 0.25) is 5.91 Å². The lowest BCUT2D eigenvalue weighted by Gasteiger charge is -2.46. The highest BCUT2D eigenvalue weighted by molar-refractivity contribution is 5.85. The van der Waals surface area contributed by atoms with Crippen LogP contribution in [0.3, 0.4) is 0 Å². The molecular weight excluding hydrogens is 312 g/mol. The van der Waals surface area contributed by atoms with E-state index in [4.69, 9.17) is 4.74 Å². The topological polar surface area (TPSA) is 41.6 Å². The number of hydrogen-bond donors (Lipinski definition) is 1. The summed E-state index contributed by atoms with van der Waals surface area (Å²) in [5, 5.41) is 3.67. The van der Waals surface area contributed by atoms with Gasteiger partial charge in [0.05, 0.1) is 11.0 Å². The number of fused-ring (bicyclic) bond motifs is 2. The zero-order chi connectivity index (χ0) is 15.2. The standard InChI is InChI=1S/C18H30N2O2.ClH/c1-2-18(13-14-5-6-15(18)19-14)16(21)20-10-8-17(9-11-20)7-3-4-12-22-17;/h14-15,19H,2-13H2,1H3;1H/t14-,15+,18+;/m0./s1. The largest absolute Gasteiger partial charge is 0.375 e. The first kappa shape index (κ1) is 17.5. The molecule has 0 aromatic rings. The summed E-state index contributed by atoms with van der Waals surface area (Å²) < 4.78 is 6.11. The smallest absolute Gasteiger partial charge is 0.230 e. The number of carbonyl (C=O) groups excluding carboxylic acids is 1. The van der Waals surface area contributed by atoms with Crippen LogP contribution >= 0.6 is 12.4 Å². The van der Waals surface area contributed by atoms with E-state index >= 15 is 0 Å². The Balaban J connectivity index is 0.00000156. The summed E-state index contributed by atoms with van der Waals surface area (Å²) in [5.74, 6) is 0.431. The Morgan fingerprint density at radius 2 is 2.00 bits per heavy atom. The van der Waals surface area contributed by atoms with Crippen LogP contribution in [0.2, 0.25) is 0 Å². The number of ether oxygens (including phenoxy) is 1. The molecule has 4 heterocycles. The molecule has 0 radical (unpaired) electrons. The van der Waals surface area contributed by atoms with Gasteiger partial charge < -0.3 is 15.0 Å². The molecule has 4 fully saturated rings. The van der Waals surface area contributed by atoms with Gasteiger partial charge in [0, 0.05) is 31.8 Å². The van der Waals surface area contributed by atoms with Gasteiger partial charge in [-0.1, -0.05) is 6.92 Å². The predicted octanol–water partition coefficient (Wildman–Crippen LogP) is 2.89. The van der Waals surface area contributed by atoms with Crippen LogP contribution in [0.15, 0.2) is 0 Å². The molecule has 0 aromatic heterocycles. The van der Waals surface area contributed by atoms with Crippen molar-refractivity contribution < 1.29 is 9.53 Å². The zero-order valence-corrected chi connectivity index (χ0v) is 15.1. The number of hydrogen-bond acceptors (Lipinski definition) is 3. The van der Waals surface area contributed by atoms with Crippen molar-refractivity contribution in [3.8, 4) is 0 Å². The Morgan fingerprint density at radius 3 is 2.52 bits per heavy atom. The van der Waals surface area contributed by atoms with E-state index in [0.717, 1.165) is 45.4 Å². The molecule has 4 aliphatic heterocycles. The minimum absolute atomic E-state index is 0. The van der Waals surface area contributed by atoms with Crippen LogP contribution in [0.5, 0.6) is 0 Å². The van der Waals surface area contributed by atoms with Crippen molar-refractivity contribution in [1.29, 1.82) is 0 Å². The van der Waals surface area contributed by atoms with E-state index in [9.17, 15) is 4.79 Å². The minimum atomic E-state index is -0.110. The summed E-state index contributed by atoms with van der Waals surface area (Å²) in [7, 11) is 0. The van der Waals surface area contributed by atoms with Crippen molar-refractivity contribution in [3.63, 3.8) is 0 Å². The molecular formula is C18H31ClN2O2. The van der Waals surface area contributed by atoms with Gasteiger partial charge in [-0.15, -0.1) is 12.4 Å². The fourth-order valence-electron chi connectivity index (χ4n) is 5.51. The number of piperidine rings is 1. The van der Waals surface area contributed by atoms with E-state index < -0.39 is 0 Å². The molecule has 4 nitrogen and oxygen atoms in total. The molecule has 1 N–H and O–H groups in total. The number of rotatable bonds is 2. The van der Waals surface area contributed by atoms with Crippen LogP contribution in [-0.2, 0) is 9.53 Å². The molecule has 1 spiro atoms. The second-order valence-electron chi connectivity index (χ2n) is 7.99. The van der Waals surface area contributed by atoms with E-state index in [-0.39, 0.29) is 23.4 Å². The molecule has 0 aromatic carbocycles. The maximum atomic E-state index is 13.3. The monoisotopic (exact) mass is 342 g/mol. The maximum absolute atomic E-state index is 13.3. The number of amides is 1. The minimum Gasteiger partial charge on any atom is -0.375 e. The van der Waals surface area contributed by atoms with E-state index in [1.807, 2.05) is 0 Å². The van der Waals surface area contributed by atoms with Crippen LogP contribution in [0.4, 0.5) is 0 Å². The average molecular weight is 343 g/mol. The zero-order valence-electron chi connectivity index (χ0n) is 14.3. The summed E-state index contributed by atoms with van der Waals surface area (Å²) in [6.07, 6.45) is 10.3. The van der Waals surface area contributed by atoms with Crippen LogP contribution in [-0.4, -0.2) is 48.2 Å². The van der Waals surface area contributed by atoms with Crippen LogP contribution in [0.1, 0.15) is 64.7 Å². The van der Waals surface area contributed by atoms with Crippen molar-refractivity contribution in [1.82, 2.24) is 10.2 Å². The lowest BCUT2D eigenvalue weighted by Crippen LogP contribution is -2.55. The molecule has 23 heavy (non-hydrogen) atoms. The molecule has 0 saturated carbocycles. The number of nitrogens with zero attached hydrogens (tertiary/aromatic N) is 1. The maximum Gasteiger partial charge on any atom is 0.230 e. The average Bonchev–Trinajstić information content (AvgIpc) is 3.17. The van der Waals surface area contributed by atoms with E-state index in [0.29, 0.717) is 18.0 Å². The fraction of sp³-hybridized carbons (Fsp3) is 0.944. The van der Waals surface area contributed by atoms with Crippen LogP contribution < -0.4 is 5.32 Å². The van der Waals surface area contributed by atoms with E-state index in [1.54, 1.807) is 0 Å².